The van der Waals surface area contributed by atoms with E-state index in [-0.39, 0.29) is 18.4 Å². The van der Waals surface area contributed by atoms with E-state index in [2.05, 4.69) is 5.32 Å². The van der Waals surface area contributed by atoms with E-state index in [1.54, 1.807) is 12.1 Å². The number of carbonyl (C=O) groups excluding carboxylic acids is 1. The molecule has 0 radical (unpaired) electrons. The summed E-state index contributed by atoms with van der Waals surface area (Å²) in [7, 11) is 0. The number of hydrogen-bond acceptors (Lipinski definition) is 2. The molecule has 108 valence electrons. The van der Waals surface area contributed by atoms with Crippen LogP contribution in [0.15, 0.2) is 24.3 Å². The second-order valence-electron chi connectivity index (χ2n) is 6.06. The topological polar surface area (TPSA) is 49.3 Å². The maximum absolute atomic E-state index is 12.2. The molecular formula is C16H20ClNO2. The highest BCUT2D eigenvalue weighted by Gasteiger charge is 2.42. The number of aliphatic hydroxyl groups excluding tert-OH is 1. The number of benzene rings is 1. The predicted octanol–water partition coefficient (Wildman–Crippen LogP) is 2.93. The number of nitrogens with one attached hydrogen (secondary N) is 1. The number of rotatable bonds is 4. The van der Waals surface area contributed by atoms with Crippen molar-refractivity contribution in [2.24, 2.45) is 17.8 Å². The van der Waals surface area contributed by atoms with Gasteiger partial charge in [-0.15, -0.1) is 0 Å². The molecule has 4 atom stereocenters. The number of carbonyl (C=O) groups is 1. The van der Waals surface area contributed by atoms with Crippen LogP contribution < -0.4 is 5.32 Å². The minimum atomic E-state index is -0.744. The van der Waals surface area contributed by atoms with Gasteiger partial charge in [0, 0.05) is 23.0 Å². The first kappa shape index (κ1) is 13.9. The molecule has 0 spiro atoms. The lowest BCUT2D eigenvalue weighted by Gasteiger charge is -2.22. The molecule has 0 aromatic heterocycles. The average molecular weight is 294 g/mol. The van der Waals surface area contributed by atoms with Crippen molar-refractivity contribution >= 4 is 17.5 Å². The highest BCUT2D eigenvalue weighted by atomic mass is 35.5. The molecular weight excluding hydrogens is 274 g/mol. The normalized spacial score (nSPS) is 29.4. The first-order valence-corrected chi connectivity index (χ1v) is 7.73. The van der Waals surface area contributed by atoms with Crippen molar-refractivity contribution in [1.29, 1.82) is 0 Å². The first-order chi connectivity index (χ1) is 9.65. The van der Waals surface area contributed by atoms with E-state index >= 15 is 0 Å². The van der Waals surface area contributed by atoms with Gasteiger partial charge in [0.15, 0.2) is 0 Å². The molecule has 2 aliphatic rings. The van der Waals surface area contributed by atoms with Gasteiger partial charge in [-0.2, -0.15) is 0 Å². The largest absolute Gasteiger partial charge is 0.387 e. The molecule has 2 N–H and O–H groups in total. The molecule has 4 heteroatoms. The van der Waals surface area contributed by atoms with Crippen LogP contribution in [0.5, 0.6) is 0 Å². The second-order valence-corrected chi connectivity index (χ2v) is 6.47. The summed E-state index contributed by atoms with van der Waals surface area (Å²) < 4.78 is 0. The van der Waals surface area contributed by atoms with Gasteiger partial charge in [-0.3, -0.25) is 4.79 Å². The van der Waals surface area contributed by atoms with E-state index < -0.39 is 6.10 Å². The molecule has 3 rings (SSSR count). The van der Waals surface area contributed by atoms with Crippen molar-refractivity contribution in [2.75, 3.05) is 6.54 Å². The molecule has 0 heterocycles. The lowest BCUT2D eigenvalue weighted by Crippen LogP contribution is -2.36. The standard InChI is InChI=1S/C16H20ClNO2/c17-14-4-2-1-3-12(14)15(19)9-18-16(20)13-8-10-5-6-11(13)7-10/h1-4,10-11,13,15,19H,5-9H2,(H,18,20). The lowest BCUT2D eigenvalue weighted by molar-refractivity contribution is -0.127. The molecule has 1 aromatic rings. The van der Waals surface area contributed by atoms with Gasteiger partial charge in [0.05, 0.1) is 6.10 Å². The van der Waals surface area contributed by atoms with Crippen molar-refractivity contribution in [2.45, 2.75) is 31.8 Å². The highest BCUT2D eigenvalue weighted by molar-refractivity contribution is 6.31. The first-order valence-electron chi connectivity index (χ1n) is 7.35. The molecule has 0 saturated heterocycles. The third kappa shape index (κ3) is 2.70. The van der Waals surface area contributed by atoms with Crippen LogP contribution in [-0.4, -0.2) is 17.6 Å². The molecule has 2 saturated carbocycles. The van der Waals surface area contributed by atoms with Crippen LogP contribution in [0, 0.1) is 17.8 Å². The quantitative estimate of drug-likeness (QED) is 0.897. The highest BCUT2D eigenvalue weighted by Crippen LogP contribution is 2.48. The number of hydrogen-bond donors (Lipinski definition) is 2. The van der Waals surface area contributed by atoms with Crippen molar-refractivity contribution in [3.05, 3.63) is 34.9 Å². The summed E-state index contributed by atoms with van der Waals surface area (Å²) in [4.78, 5) is 12.2. The number of halogens is 1. The van der Waals surface area contributed by atoms with Crippen LogP contribution in [0.4, 0.5) is 0 Å². The number of amides is 1. The Morgan fingerprint density at radius 1 is 1.35 bits per heavy atom. The molecule has 4 unspecified atom stereocenters. The zero-order chi connectivity index (χ0) is 14.1. The van der Waals surface area contributed by atoms with Crippen molar-refractivity contribution < 1.29 is 9.90 Å². The maximum atomic E-state index is 12.2. The Labute approximate surface area is 124 Å². The SMILES string of the molecule is O=C(NCC(O)c1ccccc1Cl)C1CC2CCC1C2. The fraction of sp³-hybridized carbons (Fsp3) is 0.562. The van der Waals surface area contributed by atoms with Crippen LogP contribution in [0.1, 0.15) is 37.4 Å². The van der Waals surface area contributed by atoms with E-state index in [0.717, 1.165) is 12.3 Å². The van der Waals surface area contributed by atoms with Gasteiger partial charge in [0.1, 0.15) is 0 Å². The molecule has 0 aliphatic heterocycles. The summed E-state index contributed by atoms with van der Waals surface area (Å²) in [5.41, 5.74) is 0.669. The van der Waals surface area contributed by atoms with Crippen LogP contribution >= 0.6 is 11.6 Å². The third-order valence-corrected chi connectivity index (χ3v) is 5.15. The van der Waals surface area contributed by atoms with E-state index in [4.69, 9.17) is 11.6 Å². The van der Waals surface area contributed by atoms with E-state index in [0.29, 0.717) is 16.5 Å². The van der Waals surface area contributed by atoms with Gasteiger partial charge in [-0.1, -0.05) is 36.2 Å². The van der Waals surface area contributed by atoms with Crippen molar-refractivity contribution in [1.82, 2.24) is 5.32 Å². The average Bonchev–Trinajstić information content (AvgIpc) is 3.07. The Morgan fingerprint density at radius 2 is 2.15 bits per heavy atom. The smallest absolute Gasteiger partial charge is 0.223 e. The van der Waals surface area contributed by atoms with Gasteiger partial charge in [-0.25, -0.2) is 0 Å². The molecule has 1 aromatic carbocycles. The maximum Gasteiger partial charge on any atom is 0.223 e. The third-order valence-electron chi connectivity index (χ3n) is 4.81. The molecule has 2 aliphatic carbocycles. The fourth-order valence-corrected chi connectivity index (χ4v) is 4.01. The Morgan fingerprint density at radius 3 is 2.80 bits per heavy atom. The zero-order valence-corrected chi connectivity index (χ0v) is 12.1. The molecule has 1 amide bonds. The van der Waals surface area contributed by atoms with Gasteiger partial charge in [0.25, 0.3) is 0 Å². The van der Waals surface area contributed by atoms with E-state index in [1.807, 2.05) is 12.1 Å². The van der Waals surface area contributed by atoms with Crippen LogP contribution in [0.3, 0.4) is 0 Å². The predicted molar refractivity (Wildman–Crippen MR) is 78.4 cm³/mol. The minimum Gasteiger partial charge on any atom is -0.387 e. The Bertz CT molecular complexity index is 505. The van der Waals surface area contributed by atoms with E-state index in [9.17, 15) is 9.90 Å². The number of fused-ring (bicyclic) bond motifs is 2. The van der Waals surface area contributed by atoms with Gasteiger partial charge >= 0.3 is 0 Å². The summed E-state index contributed by atoms with van der Waals surface area (Å²) >= 11 is 6.04. The molecule has 3 nitrogen and oxygen atoms in total. The van der Waals surface area contributed by atoms with Gasteiger partial charge in [0.2, 0.25) is 5.91 Å². The summed E-state index contributed by atoms with van der Waals surface area (Å²) in [6.07, 6.45) is 3.97. The van der Waals surface area contributed by atoms with Crippen LogP contribution in [0.2, 0.25) is 5.02 Å². The van der Waals surface area contributed by atoms with Gasteiger partial charge < -0.3 is 10.4 Å². The summed E-state index contributed by atoms with van der Waals surface area (Å²) in [6, 6.07) is 7.20. The summed E-state index contributed by atoms with van der Waals surface area (Å²) in [5.74, 6) is 1.58. The monoisotopic (exact) mass is 293 g/mol. The second kappa shape index (κ2) is 5.74. The fourth-order valence-electron chi connectivity index (χ4n) is 3.75. The van der Waals surface area contributed by atoms with E-state index in [1.165, 1.54) is 19.3 Å². The minimum absolute atomic E-state index is 0.100. The molecule has 2 fully saturated rings. The zero-order valence-electron chi connectivity index (χ0n) is 11.4. The molecule has 20 heavy (non-hydrogen) atoms. The van der Waals surface area contributed by atoms with Crippen LogP contribution in [-0.2, 0) is 4.79 Å². The molecule has 2 bridgehead atoms. The Hall–Kier alpha value is -1.06. The Kier molecular flexibility index (Phi) is 3.99. The lowest BCUT2D eigenvalue weighted by atomic mass is 9.88. The van der Waals surface area contributed by atoms with Crippen LogP contribution in [0.25, 0.3) is 0 Å². The Balaban J connectivity index is 1.54. The van der Waals surface area contributed by atoms with Crippen molar-refractivity contribution in [3.8, 4) is 0 Å². The summed E-state index contributed by atoms with van der Waals surface area (Å²) in [5, 5.41) is 13.5. The number of aliphatic hydroxyl groups is 1. The van der Waals surface area contributed by atoms with Gasteiger partial charge in [-0.05, 0) is 37.2 Å². The summed E-state index contributed by atoms with van der Waals surface area (Å²) in [6.45, 7) is 0.233. The van der Waals surface area contributed by atoms with Crippen molar-refractivity contribution in [3.63, 3.8) is 0 Å².